The summed E-state index contributed by atoms with van der Waals surface area (Å²) in [6.45, 7) is 1.85. The molecule has 3 amide bonds. The second-order valence-corrected chi connectivity index (χ2v) is 6.47. The van der Waals surface area contributed by atoms with Crippen LogP contribution in [0, 0.1) is 5.82 Å². The van der Waals surface area contributed by atoms with Crippen molar-refractivity contribution in [1.29, 1.82) is 0 Å². The Balaban J connectivity index is 1.80. The number of rotatable bonds is 5. The molecule has 2 rings (SSSR count). The van der Waals surface area contributed by atoms with Crippen molar-refractivity contribution < 1.29 is 14.0 Å². The number of halogens is 1. The minimum atomic E-state index is -0.446. The van der Waals surface area contributed by atoms with Crippen LogP contribution < -0.4 is 10.6 Å². The van der Waals surface area contributed by atoms with Crippen LogP contribution in [0.15, 0.2) is 24.3 Å². The van der Waals surface area contributed by atoms with Crippen LogP contribution in [0.4, 0.5) is 9.18 Å². The molecule has 5 nitrogen and oxygen atoms in total. The fourth-order valence-corrected chi connectivity index (χ4v) is 3.05. The van der Waals surface area contributed by atoms with Crippen molar-refractivity contribution in [2.45, 2.75) is 51.1 Å². The SMILES string of the molecule is CC(c1ccccc1F)N(C)CC(=O)NC(=O)NC1CCCCC1. The molecule has 0 heterocycles. The zero-order valence-corrected chi connectivity index (χ0v) is 14.3. The molecule has 1 fully saturated rings. The van der Waals surface area contributed by atoms with E-state index in [-0.39, 0.29) is 24.4 Å². The van der Waals surface area contributed by atoms with Crippen molar-refractivity contribution in [2.75, 3.05) is 13.6 Å². The lowest BCUT2D eigenvalue weighted by Crippen LogP contribution is -2.47. The normalized spacial score (nSPS) is 16.7. The van der Waals surface area contributed by atoms with Gasteiger partial charge in [-0.1, -0.05) is 37.5 Å². The van der Waals surface area contributed by atoms with E-state index in [1.807, 2.05) is 6.92 Å². The summed E-state index contributed by atoms with van der Waals surface area (Å²) in [4.78, 5) is 25.6. The first-order valence-electron chi connectivity index (χ1n) is 8.52. The first-order valence-corrected chi connectivity index (χ1v) is 8.52. The summed E-state index contributed by atoms with van der Waals surface area (Å²) in [5.74, 6) is -0.693. The van der Waals surface area contributed by atoms with Gasteiger partial charge in [0.05, 0.1) is 6.54 Å². The summed E-state index contributed by atoms with van der Waals surface area (Å²) < 4.78 is 13.8. The molecular formula is C18H26FN3O2. The van der Waals surface area contributed by atoms with E-state index in [9.17, 15) is 14.0 Å². The molecule has 2 N–H and O–H groups in total. The van der Waals surface area contributed by atoms with Crippen LogP contribution in [0.25, 0.3) is 0 Å². The van der Waals surface area contributed by atoms with Crippen molar-refractivity contribution in [3.05, 3.63) is 35.6 Å². The van der Waals surface area contributed by atoms with Crippen molar-refractivity contribution in [3.8, 4) is 0 Å². The van der Waals surface area contributed by atoms with E-state index in [1.165, 1.54) is 12.5 Å². The van der Waals surface area contributed by atoms with Crippen LogP contribution in [-0.4, -0.2) is 36.5 Å². The molecule has 1 aromatic rings. The first kappa shape index (κ1) is 18.4. The number of hydrogen-bond donors (Lipinski definition) is 2. The fraction of sp³-hybridized carbons (Fsp3) is 0.556. The van der Waals surface area contributed by atoms with Gasteiger partial charge in [-0.25, -0.2) is 9.18 Å². The summed E-state index contributed by atoms with van der Waals surface area (Å²) in [6, 6.07) is 5.94. The largest absolute Gasteiger partial charge is 0.335 e. The van der Waals surface area contributed by atoms with Gasteiger partial charge in [-0.2, -0.15) is 0 Å². The number of amides is 3. The van der Waals surface area contributed by atoms with E-state index in [0.717, 1.165) is 25.7 Å². The average molecular weight is 335 g/mol. The van der Waals surface area contributed by atoms with Gasteiger partial charge in [0.25, 0.3) is 0 Å². The minimum absolute atomic E-state index is 0.0214. The second kappa shape index (κ2) is 8.78. The maximum atomic E-state index is 13.8. The Morgan fingerprint density at radius 1 is 1.25 bits per heavy atom. The molecule has 1 aromatic carbocycles. The molecule has 0 radical (unpaired) electrons. The molecule has 0 aliphatic heterocycles. The number of carbonyl (C=O) groups is 2. The predicted octanol–water partition coefficient (Wildman–Crippen LogP) is 2.98. The summed E-state index contributed by atoms with van der Waals surface area (Å²) in [5, 5.41) is 5.20. The maximum absolute atomic E-state index is 13.8. The number of hydrogen-bond acceptors (Lipinski definition) is 3. The molecule has 24 heavy (non-hydrogen) atoms. The van der Waals surface area contributed by atoms with Crippen LogP contribution in [0.1, 0.15) is 50.6 Å². The lowest BCUT2D eigenvalue weighted by atomic mass is 9.96. The lowest BCUT2D eigenvalue weighted by Gasteiger charge is -2.25. The van der Waals surface area contributed by atoms with E-state index < -0.39 is 11.9 Å². The van der Waals surface area contributed by atoms with E-state index in [1.54, 1.807) is 30.1 Å². The monoisotopic (exact) mass is 335 g/mol. The molecule has 0 aromatic heterocycles. The highest BCUT2D eigenvalue weighted by atomic mass is 19.1. The molecule has 0 bridgehead atoms. The Hall–Kier alpha value is -1.95. The van der Waals surface area contributed by atoms with Crippen LogP contribution in [0.5, 0.6) is 0 Å². The highest BCUT2D eigenvalue weighted by Gasteiger charge is 2.20. The van der Waals surface area contributed by atoms with Gasteiger partial charge in [0, 0.05) is 17.6 Å². The highest BCUT2D eigenvalue weighted by Crippen LogP contribution is 2.21. The van der Waals surface area contributed by atoms with Crippen molar-refractivity contribution in [1.82, 2.24) is 15.5 Å². The van der Waals surface area contributed by atoms with Crippen molar-refractivity contribution in [2.24, 2.45) is 0 Å². The van der Waals surface area contributed by atoms with E-state index in [2.05, 4.69) is 10.6 Å². The summed E-state index contributed by atoms with van der Waals surface area (Å²) in [5.41, 5.74) is 0.527. The standard InChI is InChI=1S/C18H26FN3O2/c1-13(15-10-6-7-11-16(15)19)22(2)12-17(23)21-18(24)20-14-8-4-3-5-9-14/h6-7,10-11,13-14H,3-5,8-9,12H2,1-2H3,(H2,20,21,23,24). The minimum Gasteiger partial charge on any atom is -0.335 e. The fourth-order valence-electron chi connectivity index (χ4n) is 3.05. The Labute approximate surface area is 142 Å². The molecule has 0 saturated heterocycles. The molecule has 1 saturated carbocycles. The van der Waals surface area contributed by atoms with Gasteiger partial charge in [0.2, 0.25) is 5.91 Å². The van der Waals surface area contributed by atoms with Gasteiger partial charge in [-0.15, -0.1) is 0 Å². The van der Waals surface area contributed by atoms with E-state index in [4.69, 9.17) is 0 Å². The molecule has 132 valence electrons. The number of urea groups is 1. The average Bonchev–Trinajstić information content (AvgIpc) is 2.55. The third kappa shape index (κ3) is 5.30. The molecule has 6 heteroatoms. The van der Waals surface area contributed by atoms with Gasteiger partial charge < -0.3 is 5.32 Å². The number of benzene rings is 1. The zero-order chi connectivity index (χ0) is 17.5. The number of nitrogens with one attached hydrogen (secondary N) is 2. The molecular weight excluding hydrogens is 309 g/mol. The number of imide groups is 1. The van der Waals surface area contributed by atoms with Gasteiger partial charge in [0.15, 0.2) is 0 Å². The van der Waals surface area contributed by atoms with Gasteiger partial charge in [0.1, 0.15) is 5.82 Å². The summed E-state index contributed by atoms with van der Waals surface area (Å²) in [7, 11) is 1.73. The van der Waals surface area contributed by atoms with E-state index in [0.29, 0.717) is 5.56 Å². The zero-order valence-electron chi connectivity index (χ0n) is 14.3. The second-order valence-electron chi connectivity index (χ2n) is 6.47. The third-order valence-corrected chi connectivity index (χ3v) is 4.60. The smallest absolute Gasteiger partial charge is 0.321 e. The van der Waals surface area contributed by atoms with Crippen molar-refractivity contribution >= 4 is 11.9 Å². The van der Waals surface area contributed by atoms with Gasteiger partial charge >= 0.3 is 6.03 Å². The van der Waals surface area contributed by atoms with Crippen LogP contribution >= 0.6 is 0 Å². The van der Waals surface area contributed by atoms with Crippen LogP contribution in [0.2, 0.25) is 0 Å². The van der Waals surface area contributed by atoms with Gasteiger partial charge in [-0.3, -0.25) is 15.0 Å². The van der Waals surface area contributed by atoms with Gasteiger partial charge in [-0.05, 0) is 32.9 Å². The molecule has 1 aliphatic rings. The number of carbonyl (C=O) groups excluding carboxylic acids is 2. The molecule has 1 atom stereocenters. The Kier molecular flexibility index (Phi) is 6.73. The van der Waals surface area contributed by atoms with Crippen molar-refractivity contribution in [3.63, 3.8) is 0 Å². The summed E-state index contributed by atoms with van der Waals surface area (Å²) >= 11 is 0. The highest BCUT2D eigenvalue weighted by molar-refractivity contribution is 5.95. The Morgan fingerprint density at radius 2 is 1.92 bits per heavy atom. The number of nitrogens with zero attached hydrogens (tertiary/aromatic N) is 1. The first-order chi connectivity index (χ1) is 11.5. The Bertz CT molecular complexity index is 573. The molecule has 0 spiro atoms. The lowest BCUT2D eigenvalue weighted by molar-refractivity contribution is -0.121. The third-order valence-electron chi connectivity index (χ3n) is 4.60. The van der Waals surface area contributed by atoms with Crippen LogP contribution in [-0.2, 0) is 4.79 Å². The molecule has 1 aliphatic carbocycles. The van der Waals surface area contributed by atoms with Crippen LogP contribution in [0.3, 0.4) is 0 Å². The number of likely N-dealkylation sites (N-methyl/N-ethyl adjacent to an activating group) is 1. The maximum Gasteiger partial charge on any atom is 0.321 e. The summed E-state index contributed by atoms with van der Waals surface area (Å²) in [6.07, 6.45) is 5.36. The van der Waals surface area contributed by atoms with E-state index >= 15 is 0 Å². The molecule has 1 unspecified atom stereocenters. The Morgan fingerprint density at radius 3 is 2.58 bits per heavy atom. The quantitative estimate of drug-likeness (QED) is 0.870. The predicted molar refractivity (Wildman–Crippen MR) is 91.0 cm³/mol. The topological polar surface area (TPSA) is 61.4 Å².